The molecule has 0 aliphatic heterocycles. The van der Waals surface area contributed by atoms with E-state index in [9.17, 15) is 4.79 Å². The normalized spacial score (nSPS) is 20.7. The van der Waals surface area contributed by atoms with Crippen molar-refractivity contribution in [2.45, 2.75) is 17.8 Å². The van der Waals surface area contributed by atoms with Gasteiger partial charge in [-0.2, -0.15) is 0 Å². The molecular formula is C24H22O3. The van der Waals surface area contributed by atoms with Gasteiger partial charge in [0.2, 0.25) is 0 Å². The maximum Gasteiger partial charge on any atom is 0.313 e. The number of hydrogen-bond acceptors (Lipinski definition) is 3. The van der Waals surface area contributed by atoms with E-state index in [1.54, 1.807) is 7.11 Å². The Hall–Kier alpha value is -3.07. The number of ether oxygens (including phenoxy) is 2. The van der Waals surface area contributed by atoms with Gasteiger partial charge in [-0.25, -0.2) is 0 Å². The molecule has 0 fully saturated rings. The van der Waals surface area contributed by atoms with Crippen molar-refractivity contribution in [2.75, 3.05) is 14.2 Å². The van der Waals surface area contributed by atoms with Crippen molar-refractivity contribution >= 4 is 5.97 Å². The maximum atomic E-state index is 12.8. The van der Waals surface area contributed by atoms with Crippen molar-refractivity contribution < 1.29 is 14.3 Å². The van der Waals surface area contributed by atoms with Crippen LogP contribution in [0.4, 0.5) is 0 Å². The highest BCUT2D eigenvalue weighted by Gasteiger charge is 2.46. The summed E-state index contributed by atoms with van der Waals surface area (Å²) in [7, 11) is 3.13. The van der Waals surface area contributed by atoms with Crippen molar-refractivity contribution in [2.24, 2.45) is 0 Å². The van der Waals surface area contributed by atoms with Crippen LogP contribution in [0.15, 0.2) is 78.9 Å². The first kappa shape index (κ1) is 17.3. The largest absolute Gasteiger partial charge is 0.497 e. The molecule has 0 unspecified atom stereocenters. The average molecular weight is 358 g/mol. The third kappa shape index (κ3) is 2.99. The standard InChI is InChI=1S/C24H22O3/c1-26-18-14-12-17(13-15-18)21-19-10-6-7-11-20(19)23(24(25)27-2)22(21)16-8-4-3-5-9-16/h3-15,21-23H,1-2H3/t21-,22+,23+/m1/s1. The second-order valence-corrected chi connectivity index (χ2v) is 6.82. The number of benzene rings is 3. The third-order valence-corrected chi connectivity index (χ3v) is 5.50. The van der Waals surface area contributed by atoms with Crippen LogP contribution in [-0.2, 0) is 9.53 Å². The molecule has 0 aromatic heterocycles. The smallest absolute Gasteiger partial charge is 0.313 e. The SMILES string of the molecule is COC(=O)[C@H]1c2ccccc2[C@@H](c2ccc(OC)cc2)[C@@H]1c1ccccc1. The van der Waals surface area contributed by atoms with Crippen LogP contribution in [0.1, 0.15) is 40.0 Å². The van der Waals surface area contributed by atoms with Crippen LogP contribution < -0.4 is 4.74 Å². The van der Waals surface area contributed by atoms with Crippen molar-refractivity contribution in [3.05, 3.63) is 101 Å². The molecule has 3 heteroatoms. The summed E-state index contributed by atoms with van der Waals surface area (Å²) in [5.41, 5.74) is 4.55. The molecule has 0 amide bonds. The second kappa shape index (κ2) is 7.28. The fraction of sp³-hybridized carbons (Fsp3) is 0.208. The summed E-state index contributed by atoms with van der Waals surface area (Å²) in [5, 5.41) is 0. The van der Waals surface area contributed by atoms with Crippen LogP contribution in [0, 0.1) is 0 Å². The molecule has 0 saturated carbocycles. The minimum absolute atomic E-state index is 0.00977. The van der Waals surface area contributed by atoms with Crippen molar-refractivity contribution in [1.82, 2.24) is 0 Å². The number of esters is 1. The fourth-order valence-corrected chi connectivity index (χ4v) is 4.32. The van der Waals surface area contributed by atoms with Crippen LogP contribution in [-0.4, -0.2) is 20.2 Å². The molecule has 3 atom stereocenters. The Morgan fingerprint density at radius 1 is 0.741 bits per heavy atom. The molecule has 0 radical (unpaired) electrons. The Kier molecular flexibility index (Phi) is 4.68. The minimum atomic E-state index is -0.319. The molecule has 0 bridgehead atoms. The summed E-state index contributed by atoms with van der Waals surface area (Å²) < 4.78 is 10.5. The van der Waals surface area contributed by atoms with Gasteiger partial charge < -0.3 is 9.47 Å². The lowest BCUT2D eigenvalue weighted by atomic mass is 9.78. The van der Waals surface area contributed by atoms with E-state index in [0.717, 1.165) is 16.9 Å². The third-order valence-electron chi connectivity index (χ3n) is 5.50. The van der Waals surface area contributed by atoms with Crippen LogP contribution in [0.25, 0.3) is 0 Å². The first-order valence-electron chi connectivity index (χ1n) is 9.10. The summed E-state index contributed by atoms with van der Waals surface area (Å²) in [4.78, 5) is 12.8. The zero-order valence-corrected chi connectivity index (χ0v) is 15.5. The summed E-state index contributed by atoms with van der Waals surface area (Å²) in [6.45, 7) is 0. The molecule has 27 heavy (non-hydrogen) atoms. The zero-order chi connectivity index (χ0) is 18.8. The Bertz CT molecular complexity index is 931. The molecule has 3 nitrogen and oxygen atoms in total. The highest BCUT2D eigenvalue weighted by Crippen LogP contribution is 2.55. The lowest BCUT2D eigenvalue weighted by Crippen LogP contribution is -2.20. The molecule has 3 aromatic rings. The molecule has 0 N–H and O–H groups in total. The predicted molar refractivity (Wildman–Crippen MR) is 105 cm³/mol. The zero-order valence-electron chi connectivity index (χ0n) is 15.5. The van der Waals surface area contributed by atoms with Gasteiger partial charge in [-0.1, -0.05) is 66.7 Å². The van der Waals surface area contributed by atoms with Gasteiger partial charge in [0.25, 0.3) is 0 Å². The van der Waals surface area contributed by atoms with Gasteiger partial charge in [-0.3, -0.25) is 4.79 Å². The Balaban J connectivity index is 1.91. The first-order chi connectivity index (χ1) is 13.2. The summed E-state index contributed by atoms with van der Waals surface area (Å²) >= 11 is 0. The molecule has 136 valence electrons. The van der Waals surface area contributed by atoms with Gasteiger partial charge in [-0.15, -0.1) is 0 Å². The highest BCUT2D eigenvalue weighted by atomic mass is 16.5. The number of methoxy groups -OCH3 is 2. The Morgan fingerprint density at radius 3 is 2.00 bits per heavy atom. The topological polar surface area (TPSA) is 35.5 Å². The molecule has 0 saturated heterocycles. The van der Waals surface area contributed by atoms with Crippen LogP contribution >= 0.6 is 0 Å². The van der Waals surface area contributed by atoms with Crippen LogP contribution in [0.5, 0.6) is 5.75 Å². The summed E-state index contributed by atoms with van der Waals surface area (Å²) in [6.07, 6.45) is 0. The first-order valence-corrected chi connectivity index (χ1v) is 9.10. The molecular weight excluding hydrogens is 336 g/mol. The van der Waals surface area contributed by atoms with Crippen LogP contribution in [0.3, 0.4) is 0 Å². The number of hydrogen-bond donors (Lipinski definition) is 0. The minimum Gasteiger partial charge on any atom is -0.497 e. The summed E-state index contributed by atoms with van der Waals surface area (Å²) in [5.74, 6) is 0.391. The van der Waals surface area contributed by atoms with E-state index in [2.05, 4.69) is 36.4 Å². The van der Waals surface area contributed by atoms with Crippen molar-refractivity contribution in [3.63, 3.8) is 0 Å². The van der Waals surface area contributed by atoms with Gasteiger partial charge in [0, 0.05) is 11.8 Å². The predicted octanol–water partition coefficient (Wildman–Crippen LogP) is 4.88. The second-order valence-electron chi connectivity index (χ2n) is 6.82. The van der Waals surface area contributed by atoms with Gasteiger partial charge in [0.05, 0.1) is 20.1 Å². The number of carbonyl (C=O) groups excluding carboxylic acids is 1. The maximum absolute atomic E-state index is 12.8. The van der Waals surface area contributed by atoms with E-state index < -0.39 is 0 Å². The molecule has 0 spiro atoms. The van der Waals surface area contributed by atoms with Gasteiger partial charge in [0.15, 0.2) is 0 Å². The van der Waals surface area contributed by atoms with Gasteiger partial charge in [0.1, 0.15) is 5.75 Å². The van der Waals surface area contributed by atoms with Crippen LogP contribution in [0.2, 0.25) is 0 Å². The number of fused-ring (bicyclic) bond motifs is 1. The van der Waals surface area contributed by atoms with E-state index in [4.69, 9.17) is 9.47 Å². The number of carbonyl (C=O) groups is 1. The monoisotopic (exact) mass is 358 g/mol. The van der Waals surface area contributed by atoms with Crippen molar-refractivity contribution in [1.29, 1.82) is 0 Å². The highest BCUT2D eigenvalue weighted by molar-refractivity contribution is 5.82. The fourth-order valence-electron chi connectivity index (χ4n) is 4.32. The van der Waals surface area contributed by atoms with E-state index in [-0.39, 0.29) is 23.7 Å². The molecule has 1 aliphatic rings. The van der Waals surface area contributed by atoms with E-state index in [1.165, 1.54) is 18.2 Å². The van der Waals surface area contributed by atoms with Gasteiger partial charge >= 0.3 is 5.97 Å². The Morgan fingerprint density at radius 2 is 1.37 bits per heavy atom. The van der Waals surface area contributed by atoms with E-state index in [0.29, 0.717) is 0 Å². The molecule has 3 aromatic carbocycles. The lowest BCUT2D eigenvalue weighted by Gasteiger charge is -2.25. The van der Waals surface area contributed by atoms with Crippen molar-refractivity contribution in [3.8, 4) is 5.75 Å². The molecule has 0 heterocycles. The molecule has 1 aliphatic carbocycles. The lowest BCUT2D eigenvalue weighted by molar-refractivity contribution is -0.142. The van der Waals surface area contributed by atoms with E-state index >= 15 is 0 Å². The quantitative estimate of drug-likeness (QED) is 0.624. The number of rotatable bonds is 4. The Labute approximate surface area is 159 Å². The molecule has 4 rings (SSSR count). The van der Waals surface area contributed by atoms with E-state index in [1.807, 2.05) is 42.5 Å². The average Bonchev–Trinajstić information content (AvgIpc) is 3.09. The van der Waals surface area contributed by atoms with Gasteiger partial charge in [-0.05, 0) is 34.4 Å². The summed E-state index contributed by atoms with van der Waals surface area (Å²) in [6, 6.07) is 26.6.